The van der Waals surface area contributed by atoms with Gasteiger partial charge in [0.25, 0.3) is 0 Å². The first-order valence-corrected chi connectivity index (χ1v) is 13.8. The number of anilines is 1. The van der Waals surface area contributed by atoms with Gasteiger partial charge >= 0.3 is 0 Å². The molecule has 0 fully saturated rings. The Balaban J connectivity index is 2.17. The highest BCUT2D eigenvalue weighted by atomic mass is 35.5. The van der Waals surface area contributed by atoms with E-state index < -0.39 is 16.1 Å². The number of amides is 2. The van der Waals surface area contributed by atoms with Crippen LogP contribution >= 0.6 is 11.6 Å². The van der Waals surface area contributed by atoms with Crippen LogP contribution in [0.5, 0.6) is 11.5 Å². The van der Waals surface area contributed by atoms with E-state index in [4.69, 9.17) is 21.1 Å². The molecule has 2 rings (SSSR count). The summed E-state index contributed by atoms with van der Waals surface area (Å²) in [6, 6.07) is 11.2. The van der Waals surface area contributed by atoms with Crippen molar-refractivity contribution < 1.29 is 27.5 Å². The minimum atomic E-state index is -3.63. The Bertz CT molecular complexity index is 1140. The molecule has 0 aliphatic carbocycles. The minimum Gasteiger partial charge on any atom is -0.497 e. The molecule has 0 heterocycles. The second-order valence-corrected chi connectivity index (χ2v) is 10.5. The summed E-state index contributed by atoms with van der Waals surface area (Å²) in [5.41, 5.74) is 1.22. The average molecular weight is 540 g/mol. The third kappa shape index (κ3) is 8.03. The molecular weight excluding hydrogens is 506 g/mol. The highest BCUT2D eigenvalue weighted by Crippen LogP contribution is 2.30. The topological polar surface area (TPSA) is 105 Å². The molecule has 198 valence electrons. The summed E-state index contributed by atoms with van der Waals surface area (Å²) in [5, 5.41) is 3.03. The van der Waals surface area contributed by atoms with Gasteiger partial charge in [0.05, 0.1) is 31.2 Å². The first kappa shape index (κ1) is 29.3. The number of benzene rings is 2. The molecule has 2 amide bonds. The molecule has 1 N–H and O–H groups in total. The van der Waals surface area contributed by atoms with Crippen molar-refractivity contribution in [1.82, 2.24) is 10.2 Å². The van der Waals surface area contributed by atoms with Gasteiger partial charge in [0.15, 0.2) is 0 Å². The smallest absolute Gasteiger partial charge is 0.242 e. The van der Waals surface area contributed by atoms with E-state index in [2.05, 4.69) is 5.32 Å². The van der Waals surface area contributed by atoms with Crippen molar-refractivity contribution in [1.29, 1.82) is 0 Å². The molecule has 36 heavy (non-hydrogen) atoms. The van der Waals surface area contributed by atoms with E-state index >= 15 is 0 Å². The number of rotatable bonds is 13. The van der Waals surface area contributed by atoms with Crippen LogP contribution in [0.1, 0.15) is 32.3 Å². The first-order valence-electron chi connectivity index (χ1n) is 11.5. The summed E-state index contributed by atoms with van der Waals surface area (Å²) < 4.78 is 36.4. The predicted molar refractivity (Wildman–Crippen MR) is 141 cm³/mol. The first-order chi connectivity index (χ1) is 17.0. The van der Waals surface area contributed by atoms with Crippen molar-refractivity contribution in [2.24, 2.45) is 0 Å². The van der Waals surface area contributed by atoms with Crippen LogP contribution < -0.4 is 19.1 Å². The third-order valence-electron chi connectivity index (χ3n) is 5.61. The fourth-order valence-corrected chi connectivity index (χ4v) is 4.86. The average Bonchev–Trinajstić information content (AvgIpc) is 2.84. The lowest BCUT2D eigenvalue weighted by Crippen LogP contribution is -2.47. The Morgan fingerprint density at radius 2 is 1.75 bits per heavy atom. The number of methoxy groups -OCH3 is 2. The Hall–Kier alpha value is -2.98. The molecule has 0 spiro atoms. The van der Waals surface area contributed by atoms with Gasteiger partial charge in [0, 0.05) is 26.1 Å². The zero-order chi connectivity index (χ0) is 26.9. The van der Waals surface area contributed by atoms with Crippen molar-refractivity contribution in [2.45, 2.75) is 39.3 Å². The van der Waals surface area contributed by atoms with E-state index in [-0.39, 0.29) is 42.8 Å². The summed E-state index contributed by atoms with van der Waals surface area (Å²) in [6.07, 6.45) is 1.40. The Kier molecular flexibility index (Phi) is 10.9. The van der Waals surface area contributed by atoms with Crippen LogP contribution in [0.3, 0.4) is 0 Å². The van der Waals surface area contributed by atoms with Crippen LogP contribution in [0.2, 0.25) is 5.02 Å². The van der Waals surface area contributed by atoms with Crippen LogP contribution in [0.25, 0.3) is 0 Å². The van der Waals surface area contributed by atoms with Crippen LogP contribution in [0.4, 0.5) is 5.69 Å². The summed E-state index contributed by atoms with van der Waals surface area (Å²) in [6.45, 7) is 4.23. The monoisotopic (exact) mass is 539 g/mol. The lowest BCUT2D eigenvalue weighted by atomic mass is 10.1. The van der Waals surface area contributed by atoms with Gasteiger partial charge in [-0.2, -0.15) is 0 Å². The lowest BCUT2D eigenvalue weighted by Gasteiger charge is -2.29. The number of hydrogen-bond acceptors (Lipinski definition) is 6. The summed E-state index contributed by atoms with van der Waals surface area (Å²) in [5.74, 6) is 0.598. The second-order valence-electron chi connectivity index (χ2n) is 8.20. The second kappa shape index (κ2) is 13.4. The molecule has 0 aliphatic heterocycles. The van der Waals surface area contributed by atoms with Gasteiger partial charge in [0.2, 0.25) is 21.8 Å². The van der Waals surface area contributed by atoms with Gasteiger partial charge in [-0.3, -0.25) is 13.9 Å². The van der Waals surface area contributed by atoms with Crippen molar-refractivity contribution in [3.05, 3.63) is 53.1 Å². The van der Waals surface area contributed by atoms with E-state index in [1.807, 2.05) is 19.1 Å². The lowest BCUT2D eigenvalue weighted by molar-refractivity contribution is -0.140. The quantitative estimate of drug-likeness (QED) is 0.418. The van der Waals surface area contributed by atoms with Gasteiger partial charge in [-0.15, -0.1) is 0 Å². The van der Waals surface area contributed by atoms with Crippen molar-refractivity contribution in [3.8, 4) is 11.5 Å². The number of nitrogens with zero attached hydrogens (tertiary/aromatic N) is 2. The number of likely N-dealkylation sites (N-methyl/N-ethyl adjacent to an activating group) is 1. The van der Waals surface area contributed by atoms with E-state index in [9.17, 15) is 18.0 Å². The molecule has 0 unspecified atom stereocenters. The molecule has 0 aliphatic rings. The van der Waals surface area contributed by atoms with Crippen molar-refractivity contribution in [2.75, 3.05) is 37.9 Å². The number of nitrogens with one attached hydrogen (secondary N) is 1. The Labute approximate surface area is 218 Å². The third-order valence-corrected chi connectivity index (χ3v) is 7.10. The molecule has 0 bridgehead atoms. The van der Waals surface area contributed by atoms with E-state index in [1.54, 1.807) is 38.3 Å². The zero-order valence-corrected chi connectivity index (χ0v) is 22.9. The van der Waals surface area contributed by atoms with Crippen LogP contribution in [-0.4, -0.2) is 64.7 Å². The molecular formula is C25H34ClN3O6S. The van der Waals surface area contributed by atoms with Crippen LogP contribution in [-0.2, 0) is 26.2 Å². The predicted octanol–water partition coefficient (Wildman–Crippen LogP) is 3.46. The summed E-state index contributed by atoms with van der Waals surface area (Å²) in [4.78, 5) is 27.3. The zero-order valence-electron chi connectivity index (χ0n) is 21.3. The number of carbonyl (C=O) groups is 2. The molecule has 2 aromatic carbocycles. The molecule has 0 saturated heterocycles. The molecule has 0 radical (unpaired) electrons. The van der Waals surface area contributed by atoms with Crippen LogP contribution in [0, 0.1) is 0 Å². The van der Waals surface area contributed by atoms with Gasteiger partial charge in [-0.25, -0.2) is 8.42 Å². The molecule has 1 atom stereocenters. The number of ether oxygens (including phenoxy) is 2. The highest BCUT2D eigenvalue weighted by Gasteiger charge is 2.26. The minimum absolute atomic E-state index is 0.0514. The number of sulfonamides is 1. The molecule has 2 aromatic rings. The summed E-state index contributed by atoms with van der Waals surface area (Å²) in [7, 11) is -0.588. The SMILES string of the molecule is CCNC(=O)[C@H](C)N(Cc1ccc(OC)cc1)C(=O)CCCN(c1ccc(OC)c(Cl)c1)S(C)(=O)=O. The maximum atomic E-state index is 13.2. The fourth-order valence-electron chi connectivity index (χ4n) is 3.65. The standard InChI is InChI=1S/C25H34ClN3O6S/c1-6-27-25(31)18(2)28(17-19-9-12-21(34-3)13-10-19)24(30)8-7-15-29(36(5,32)33)20-11-14-23(35-4)22(26)16-20/h9-14,16,18H,6-8,15,17H2,1-5H3,(H,27,31)/t18-/m0/s1. The maximum absolute atomic E-state index is 13.2. The van der Waals surface area contributed by atoms with Gasteiger partial charge in [0.1, 0.15) is 17.5 Å². The largest absolute Gasteiger partial charge is 0.497 e. The normalized spacial score (nSPS) is 11.9. The Morgan fingerprint density at radius 1 is 1.08 bits per heavy atom. The van der Waals surface area contributed by atoms with E-state index in [1.165, 1.54) is 22.4 Å². The summed E-state index contributed by atoms with van der Waals surface area (Å²) >= 11 is 6.18. The number of carbonyl (C=O) groups excluding carboxylic acids is 2. The van der Waals surface area contributed by atoms with Crippen molar-refractivity contribution >= 4 is 39.1 Å². The fraction of sp³-hybridized carbons (Fsp3) is 0.440. The molecule has 0 aromatic heterocycles. The van der Waals surface area contributed by atoms with E-state index in [0.29, 0.717) is 23.7 Å². The van der Waals surface area contributed by atoms with Crippen LogP contribution in [0.15, 0.2) is 42.5 Å². The number of hydrogen-bond donors (Lipinski definition) is 1. The molecule has 9 nitrogen and oxygen atoms in total. The maximum Gasteiger partial charge on any atom is 0.242 e. The number of halogens is 1. The molecule has 11 heteroatoms. The Morgan fingerprint density at radius 3 is 2.28 bits per heavy atom. The molecule has 0 saturated carbocycles. The highest BCUT2D eigenvalue weighted by molar-refractivity contribution is 7.92. The van der Waals surface area contributed by atoms with Crippen molar-refractivity contribution in [3.63, 3.8) is 0 Å². The van der Waals surface area contributed by atoms with Gasteiger partial charge in [-0.1, -0.05) is 23.7 Å². The van der Waals surface area contributed by atoms with E-state index in [0.717, 1.165) is 11.8 Å². The van der Waals surface area contributed by atoms with Gasteiger partial charge in [-0.05, 0) is 56.2 Å². The van der Waals surface area contributed by atoms with Gasteiger partial charge < -0.3 is 19.7 Å².